The van der Waals surface area contributed by atoms with Crippen LogP contribution in [-0.2, 0) is 0 Å². The predicted octanol–water partition coefficient (Wildman–Crippen LogP) is 3.85. The van der Waals surface area contributed by atoms with Gasteiger partial charge in [-0.2, -0.15) is 0 Å². The number of fused-ring (bicyclic) bond motifs is 1. The first-order valence-corrected chi connectivity index (χ1v) is 6.00. The molecule has 0 saturated heterocycles. The minimum Gasteiger partial charge on any atom is -0.321 e. The number of H-pyrrole nitrogens is 1. The minimum absolute atomic E-state index is 0.108. The second kappa shape index (κ2) is 4.31. The molecule has 0 aliphatic carbocycles. The molecule has 0 radical (unpaired) electrons. The van der Waals surface area contributed by atoms with Crippen molar-refractivity contribution in [2.75, 3.05) is 0 Å². The lowest BCUT2D eigenvalue weighted by Crippen LogP contribution is -2.05. The third-order valence-electron chi connectivity index (χ3n) is 2.88. The topological polar surface area (TPSA) is 32.9 Å². The highest BCUT2D eigenvalue weighted by atomic mass is 35.5. The van der Waals surface area contributed by atoms with Crippen molar-refractivity contribution < 1.29 is 0 Å². The summed E-state index contributed by atoms with van der Waals surface area (Å²) in [6.07, 6.45) is 0. The van der Waals surface area contributed by atoms with Crippen LogP contribution in [0.3, 0.4) is 0 Å². The summed E-state index contributed by atoms with van der Waals surface area (Å²) >= 11 is 6.03. The van der Waals surface area contributed by atoms with Crippen LogP contribution in [0.1, 0.15) is 0 Å². The Balaban J connectivity index is 2.41. The number of pyridine rings is 1. The average Bonchev–Trinajstić information content (AvgIpc) is 2.39. The highest BCUT2D eigenvalue weighted by Gasteiger charge is 2.06. The molecule has 88 valence electrons. The normalized spacial score (nSPS) is 10.7. The van der Waals surface area contributed by atoms with Gasteiger partial charge in [0, 0.05) is 16.5 Å². The first kappa shape index (κ1) is 11.1. The van der Waals surface area contributed by atoms with E-state index in [9.17, 15) is 4.79 Å². The van der Waals surface area contributed by atoms with Crippen molar-refractivity contribution >= 4 is 22.4 Å². The molecule has 2 nitrogen and oxygen atoms in total. The summed E-state index contributed by atoms with van der Waals surface area (Å²) in [7, 11) is 0. The summed E-state index contributed by atoms with van der Waals surface area (Å²) in [4.78, 5) is 14.6. The number of hydrogen-bond donors (Lipinski definition) is 1. The van der Waals surface area contributed by atoms with E-state index in [0.29, 0.717) is 5.02 Å². The number of aromatic nitrogens is 1. The molecule has 3 heteroatoms. The number of benzene rings is 2. The second-order valence-corrected chi connectivity index (χ2v) is 4.54. The van der Waals surface area contributed by atoms with Crippen molar-refractivity contribution in [2.24, 2.45) is 0 Å². The smallest absolute Gasteiger partial charge is 0.249 e. The van der Waals surface area contributed by atoms with E-state index < -0.39 is 0 Å². The SMILES string of the molecule is O=c1cc2ccc(Cl)cc2c(-c2ccccc2)[nH]1. The molecule has 0 saturated carbocycles. The molecule has 0 spiro atoms. The van der Waals surface area contributed by atoms with Crippen molar-refractivity contribution in [1.29, 1.82) is 0 Å². The number of halogens is 1. The van der Waals surface area contributed by atoms with Gasteiger partial charge in [-0.05, 0) is 23.1 Å². The third kappa shape index (κ3) is 1.91. The fraction of sp³-hybridized carbons (Fsp3) is 0. The van der Waals surface area contributed by atoms with E-state index in [1.807, 2.05) is 42.5 Å². The average molecular weight is 256 g/mol. The summed E-state index contributed by atoms with van der Waals surface area (Å²) in [6, 6.07) is 16.9. The Hall–Kier alpha value is -2.06. The number of rotatable bonds is 1. The van der Waals surface area contributed by atoms with Gasteiger partial charge >= 0.3 is 0 Å². The predicted molar refractivity (Wildman–Crippen MR) is 75.0 cm³/mol. The zero-order valence-electron chi connectivity index (χ0n) is 9.48. The quantitative estimate of drug-likeness (QED) is 0.704. The van der Waals surface area contributed by atoms with Gasteiger partial charge in [-0.3, -0.25) is 4.79 Å². The van der Waals surface area contributed by atoms with Gasteiger partial charge in [0.05, 0.1) is 5.69 Å². The molecule has 1 heterocycles. The monoisotopic (exact) mass is 255 g/mol. The van der Waals surface area contributed by atoms with Crippen LogP contribution in [0, 0.1) is 0 Å². The maximum Gasteiger partial charge on any atom is 0.249 e. The fourth-order valence-corrected chi connectivity index (χ4v) is 2.24. The van der Waals surface area contributed by atoms with Gasteiger partial charge in [0.25, 0.3) is 0 Å². The van der Waals surface area contributed by atoms with Crippen molar-refractivity contribution in [3.63, 3.8) is 0 Å². The molecular weight excluding hydrogens is 246 g/mol. The summed E-state index contributed by atoms with van der Waals surface area (Å²) in [5, 5.41) is 2.50. The zero-order valence-corrected chi connectivity index (χ0v) is 10.2. The van der Waals surface area contributed by atoms with Crippen LogP contribution in [0.2, 0.25) is 5.02 Å². The Bertz CT molecular complexity index is 762. The highest BCUT2D eigenvalue weighted by molar-refractivity contribution is 6.31. The van der Waals surface area contributed by atoms with Gasteiger partial charge in [-0.15, -0.1) is 0 Å². The molecule has 1 N–H and O–H groups in total. The van der Waals surface area contributed by atoms with Gasteiger partial charge in [0.1, 0.15) is 0 Å². The molecule has 0 atom stereocenters. The van der Waals surface area contributed by atoms with Gasteiger partial charge in [0.2, 0.25) is 5.56 Å². The fourth-order valence-electron chi connectivity index (χ4n) is 2.07. The molecule has 0 fully saturated rings. The van der Waals surface area contributed by atoms with Crippen molar-refractivity contribution in [3.05, 3.63) is 70.0 Å². The first-order chi connectivity index (χ1) is 8.74. The largest absolute Gasteiger partial charge is 0.321 e. The molecule has 0 amide bonds. The molecule has 3 aromatic rings. The summed E-state index contributed by atoms with van der Waals surface area (Å²) in [6.45, 7) is 0. The molecule has 0 aliphatic heterocycles. The summed E-state index contributed by atoms with van der Waals surface area (Å²) in [5.41, 5.74) is 1.67. The first-order valence-electron chi connectivity index (χ1n) is 5.62. The van der Waals surface area contributed by atoms with Crippen LogP contribution in [0.4, 0.5) is 0 Å². The number of hydrogen-bond acceptors (Lipinski definition) is 1. The molecule has 18 heavy (non-hydrogen) atoms. The van der Waals surface area contributed by atoms with Gasteiger partial charge in [-0.1, -0.05) is 48.0 Å². The Morgan fingerprint density at radius 2 is 1.72 bits per heavy atom. The van der Waals surface area contributed by atoms with E-state index in [2.05, 4.69) is 4.98 Å². The van der Waals surface area contributed by atoms with E-state index in [4.69, 9.17) is 11.6 Å². The molecule has 0 aliphatic rings. The molecule has 3 rings (SSSR count). The van der Waals surface area contributed by atoms with E-state index in [-0.39, 0.29) is 5.56 Å². The van der Waals surface area contributed by atoms with Crippen LogP contribution in [0.15, 0.2) is 59.4 Å². The second-order valence-electron chi connectivity index (χ2n) is 4.11. The van der Waals surface area contributed by atoms with E-state index >= 15 is 0 Å². The zero-order chi connectivity index (χ0) is 12.5. The van der Waals surface area contributed by atoms with Crippen molar-refractivity contribution in [1.82, 2.24) is 4.98 Å². The van der Waals surface area contributed by atoms with Crippen LogP contribution < -0.4 is 5.56 Å². The summed E-state index contributed by atoms with van der Waals surface area (Å²) < 4.78 is 0. The maximum atomic E-state index is 11.7. The van der Waals surface area contributed by atoms with Crippen molar-refractivity contribution in [2.45, 2.75) is 0 Å². The van der Waals surface area contributed by atoms with E-state index in [0.717, 1.165) is 22.0 Å². The van der Waals surface area contributed by atoms with Crippen molar-refractivity contribution in [3.8, 4) is 11.3 Å². The Kier molecular flexibility index (Phi) is 2.65. The Morgan fingerprint density at radius 1 is 0.944 bits per heavy atom. The summed E-state index contributed by atoms with van der Waals surface area (Å²) in [5.74, 6) is 0. The number of aromatic amines is 1. The van der Waals surface area contributed by atoms with Gasteiger partial charge < -0.3 is 4.98 Å². The molecule has 2 aromatic carbocycles. The lowest BCUT2D eigenvalue weighted by molar-refractivity contribution is 1.27. The lowest BCUT2D eigenvalue weighted by atomic mass is 10.0. The maximum absolute atomic E-state index is 11.7. The van der Waals surface area contributed by atoms with Crippen LogP contribution in [0.5, 0.6) is 0 Å². The van der Waals surface area contributed by atoms with Crippen LogP contribution in [0.25, 0.3) is 22.0 Å². The van der Waals surface area contributed by atoms with Crippen LogP contribution in [-0.4, -0.2) is 4.98 Å². The van der Waals surface area contributed by atoms with E-state index in [1.165, 1.54) is 0 Å². The van der Waals surface area contributed by atoms with Gasteiger partial charge in [-0.25, -0.2) is 0 Å². The lowest BCUT2D eigenvalue weighted by Gasteiger charge is -2.06. The van der Waals surface area contributed by atoms with Gasteiger partial charge in [0.15, 0.2) is 0 Å². The highest BCUT2D eigenvalue weighted by Crippen LogP contribution is 2.27. The molecule has 0 bridgehead atoms. The Morgan fingerprint density at radius 3 is 2.50 bits per heavy atom. The standard InChI is InChI=1S/C15H10ClNO/c16-12-7-6-11-8-14(18)17-15(13(11)9-12)10-4-2-1-3-5-10/h1-9H,(H,17,18). The third-order valence-corrected chi connectivity index (χ3v) is 3.12. The molecule has 1 aromatic heterocycles. The molecule has 0 unspecified atom stereocenters. The van der Waals surface area contributed by atoms with Crippen LogP contribution >= 0.6 is 11.6 Å². The number of nitrogens with one attached hydrogen (secondary N) is 1. The minimum atomic E-state index is -0.108. The van der Waals surface area contributed by atoms with E-state index in [1.54, 1.807) is 12.1 Å². The Labute approximate surface area is 109 Å². The molecular formula is C15H10ClNO.